The molecule has 1 fully saturated rings. The molecular formula is C21H22N4O2S. The highest BCUT2D eigenvalue weighted by Crippen LogP contribution is 2.21. The van der Waals surface area contributed by atoms with Gasteiger partial charge in [-0.15, -0.1) is 0 Å². The van der Waals surface area contributed by atoms with Crippen LogP contribution >= 0.6 is 0 Å². The van der Waals surface area contributed by atoms with Gasteiger partial charge in [-0.05, 0) is 36.4 Å². The molecule has 0 unspecified atom stereocenters. The standard InChI is InChI=1S/C21H22N4O2S/c26-28(27,20-9-5-2-6-10-20)23-21-12-11-19(17-22-21)25-15-13-24(14-16-25)18-7-3-1-4-8-18/h1-12,17H,13-16H2,(H,22,23). The zero-order valence-electron chi connectivity index (χ0n) is 15.4. The third-order valence-electron chi connectivity index (χ3n) is 4.81. The van der Waals surface area contributed by atoms with Crippen molar-refractivity contribution < 1.29 is 8.42 Å². The SMILES string of the molecule is O=S(=O)(Nc1ccc(N2CCN(c3ccccc3)CC2)cn1)c1ccccc1. The van der Waals surface area contributed by atoms with Crippen molar-refractivity contribution in [3.05, 3.63) is 79.0 Å². The van der Waals surface area contributed by atoms with Crippen LogP contribution in [-0.2, 0) is 10.0 Å². The summed E-state index contributed by atoms with van der Waals surface area (Å²) in [5.74, 6) is 0.315. The van der Waals surface area contributed by atoms with Gasteiger partial charge in [-0.3, -0.25) is 4.72 Å². The van der Waals surface area contributed by atoms with Gasteiger partial charge in [0.25, 0.3) is 10.0 Å². The van der Waals surface area contributed by atoms with Gasteiger partial charge in [0.1, 0.15) is 5.82 Å². The van der Waals surface area contributed by atoms with E-state index in [1.54, 1.807) is 42.6 Å². The monoisotopic (exact) mass is 394 g/mol. The molecule has 3 aromatic rings. The van der Waals surface area contributed by atoms with Gasteiger partial charge in [-0.1, -0.05) is 36.4 Å². The highest BCUT2D eigenvalue weighted by Gasteiger charge is 2.18. The van der Waals surface area contributed by atoms with Crippen LogP contribution in [0.1, 0.15) is 0 Å². The summed E-state index contributed by atoms with van der Waals surface area (Å²) < 4.78 is 27.3. The van der Waals surface area contributed by atoms with E-state index in [9.17, 15) is 8.42 Å². The van der Waals surface area contributed by atoms with E-state index in [0.29, 0.717) is 5.82 Å². The summed E-state index contributed by atoms with van der Waals surface area (Å²) in [6.45, 7) is 3.66. The average molecular weight is 395 g/mol. The predicted octanol–water partition coefficient (Wildman–Crippen LogP) is 3.21. The molecule has 1 N–H and O–H groups in total. The molecule has 1 saturated heterocycles. The van der Waals surface area contributed by atoms with Crippen molar-refractivity contribution in [1.29, 1.82) is 0 Å². The van der Waals surface area contributed by atoms with Gasteiger partial charge in [0, 0.05) is 31.9 Å². The van der Waals surface area contributed by atoms with Crippen molar-refractivity contribution in [2.75, 3.05) is 40.7 Å². The van der Waals surface area contributed by atoms with Gasteiger partial charge >= 0.3 is 0 Å². The van der Waals surface area contributed by atoms with Gasteiger partial charge in [-0.2, -0.15) is 0 Å². The first-order valence-corrected chi connectivity index (χ1v) is 10.7. The molecule has 6 nitrogen and oxygen atoms in total. The molecule has 1 aliphatic rings. The smallest absolute Gasteiger partial charge is 0.263 e. The molecule has 28 heavy (non-hydrogen) atoms. The fraction of sp³-hybridized carbons (Fsp3) is 0.190. The summed E-state index contributed by atoms with van der Waals surface area (Å²) in [7, 11) is -3.62. The van der Waals surface area contributed by atoms with Crippen LogP contribution in [0.4, 0.5) is 17.2 Å². The molecule has 2 aromatic carbocycles. The molecule has 144 valence electrons. The van der Waals surface area contributed by atoms with Crippen molar-refractivity contribution in [3.8, 4) is 0 Å². The number of pyridine rings is 1. The van der Waals surface area contributed by atoms with Crippen LogP contribution in [0, 0.1) is 0 Å². The highest BCUT2D eigenvalue weighted by atomic mass is 32.2. The first kappa shape index (κ1) is 18.3. The predicted molar refractivity (Wildman–Crippen MR) is 112 cm³/mol. The highest BCUT2D eigenvalue weighted by molar-refractivity contribution is 7.92. The fourth-order valence-corrected chi connectivity index (χ4v) is 4.32. The molecule has 0 amide bonds. The van der Waals surface area contributed by atoms with E-state index in [1.807, 2.05) is 12.1 Å². The van der Waals surface area contributed by atoms with E-state index in [4.69, 9.17) is 0 Å². The Morgan fingerprint density at radius 3 is 1.86 bits per heavy atom. The van der Waals surface area contributed by atoms with Gasteiger partial charge in [0.2, 0.25) is 0 Å². The largest absolute Gasteiger partial charge is 0.368 e. The molecule has 4 rings (SSSR count). The molecule has 1 aromatic heterocycles. The van der Waals surface area contributed by atoms with E-state index < -0.39 is 10.0 Å². The Morgan fingerprint density at radius 2 is 1.29 bits per heavy atom. The molecule has 0 aliphatic carbocycles. The first-order chi connectivity index (χ1) is 13.6. The van der Waals surface area contributed by atoms with Crippen LogP contribution in [0.2, 0.25) is 0 Å². The summed E-state index contributed by atoms with van der Waals surface area (Å²) in [4.78, 5) is 9.15. The third-order valence-corrected chi connectivity index (χ3v) is 6.18. The lowest BCUT2D eigenvalue weighted by Gasteiger charge is -2.37. The Hall–Kier alpha value is -3.06. The Kier molecular flexibility index (Phi) is 5.16. The van der Waals surface area contributed by atoms with Crippen LogP contribution in [0.15, 0.2) is 83.9 Å². The minimum Gasteiger partial charge on any atom is -0.368 e. The maximum absolute atomic E-state index is 12.4. The number of rotatable bonds is 5. The number of sulfonamides is 1. The maximum Gasteiger partial charge on any atom is 0.263 e. The third kappa shape index (κ3) is 4.09. The molecule has 0 atom stereocenters. The zero-order chi connectivity index (χ0) is 19.4. The summed E-state index contributed by atoms with van der Waals surface area (Å²) in [5, 5.41) is 0. The van der Waals surface area contributed by atoms with Crippen LogP contribution in [0.5, 0.6) is 0 Å². The van der Waals surface area contributed by atoms with E-state index in [0.717, 1.165) is 31.9 Å². The van der Waals surface area contributed by atoms with Crippen molar-refractivity contribution >= 4 is 27.2 Å². The molecule has 1 aliphatic heterocycles. The number of para-hydroxylation sites is 1. The number of anilines is 3. The molecule has 0 bridgehead atoms. The van der Waals surface area contributed by atoms with Gasteiger partial charge in [0.15, 0.2) is 0 Å². The number of hydrogen-bond donors (Lipinski definition) is 1. The average Bonchev–Trinajstić information content (AvgIpc) is 2.75. The van der Waals surface area contributed by atoms with Gasteiger partial charge < -0.3 is 9.80 Å². The summed E-state index contributed by atoms with van der Waals surface area (Å²) in [5.41, 5.74) is 2.24. The summed E-state index contributed by atoms with van der Waals surface area (Å²) in [6.07, 6.45) is 1.72. The Morgan fingerprint density at radius 1 is 0.714 bits per heavy atom. The molecular weight excluding hydrogens is 372 g/mol. The minimum absolute atomic E-state index is 0.220. The first-order valence-electron chi connectivity index (χ1n) is 9.21. The number of hydrogen-bond acceptors (Lipinski definition) is 5. The van der Waals surface area contributed by atoms with E-state index >= 15 is 0 Å². The van der Waals surface area contributed by atoms with Gasteiger partial charge in [0.05, 0.1) is 16.8 Å². The number of nitrogens with zero attached hydrogens (tertiary/aromatic N) is 3. The van der Waals surface area contributed by atoms with Crippen LogP contribution < -0.4 is 14.5 Å². The van der Waals surface area contributed by atoms with Crippen LogP contribution in [-0.4, -0.2) is 39.6 Å². The van der Waals surface area contributed by atoms with Crippen molar-refractivity contribution in [1.82, 2.24) is 4.98 Å². The van der Waals surface area contributed by atoms with Crippen molar-refractivity contribution in [3.63, 3.8) is 0 Å². The number of nitrogens with one attached hydrogen (secondary N) is 1. The molecule has 0 radical (unpaired) electrons. The van der Waals surface area contributed by atoms with Crippen molar-refractivity contribution in [2.45, 2.75) is 4.90 Å². The Labute approximate surface area is 165 Å². The van der Waals surface area contributed by atoms with E-state index in [-0.39, 0.29) is 4.90 Å². The molecule has 0 spiro atoms. The molecule has 2 heterocycles. The van der Waals surface area contributed by atoms with Crippen molar-refractivity contribution in [2.24, 2.45) is 0 Å². The minimum atomic E-state index is -3.62. The van der Waals surface area contributed by atoms with E-state index in [1.165, 1.54) is 5.69 Å². The fourth-order valence-electron chi connectivity index (χ4n) is 3.29. The second-order valence-corrected chi connectivity index (χ2v) is 8.31. The number of aromatic nitrogens is 1. The molecule has 7 heteroatoms. The zero-order valence-corrected chi connectivity index (χ0v) is 16.2. The lowest BCUT2D eigenvalue weighted by Crippen LogP contribution is -2.46. The quantitative estimate of drug-likeness (QED) is 0.720. The summed E-state index contributed by atoms with van der Waals surface area (Å²) in [6, 6.07) is 22.3. The number of piperazine rings is 1. The van der Waals surface area contributed by atoms with Crippen LogP contribution in [0.3, 0.4) is 0 Å². The lowest BCUT2D eigenvalue weighted by atomic mass is 10.2. The second-order valence-electron chi connectivity index (χ2n) is 6.63. The second kappa shape index (κ2) is 7.90. The number of benzene rings is 2. The topological polar surface area (TPSA) is 65.5 Å². The lowest BCUT2D eigenvalue weighted by molar-refractivity contribution is 0.601. The van der Waals surface area contributed by atoms with E-state index in [2.05, 4.69) is 43.8 Å². The Balaban J connectivity index is 1.39. The maximum atomic E-state index is 12.4. The van der Waals surface area contributed by atoms with Crippen LogP contribution in [0.25, 0.3) is 0 Å². The van der Waals surface area contributed by atoms with Gasteiger partial charge in [-0.25, -0.2) is 13.4 Å². The Bertz CT molecular complexity index is 1000. The normalized spacial score (nSPS) is 14.7. The summed E-state index contributed by atoms with van der Waals surface area (Å²) >= 11 is 0. The molecule has 0 saturated carbocycles.